The number of carbonyl (C=O) groups is 5. The molecule has 3 amide bonds. The zero-order chi connectivity index (χ0) is 26.5. The number of benzene rings is 1. The summed E-state index contributed by atoms with van der Waals surface area (Å²) in [5.74, 6) is -4.52. The first kappa shape index (κ1) is 28.3. The largest absolute Gasteiger partial charge is 0.505 e. The number of hydrogen-bond acceptors (Lipinski definition) is 8. The van der Waals surface area contributed by atoms with Crippen LogP contribution in [0.1, 0.15) is 29.6 Å². The first-order valence-electron chi connectivity index (χ1n) is 9.99. The van der Waals surface area contributed by atoms with Gasteiger partial charge in [-0.2, -0.15) is 0 Å². The van der Waals surface area contributed by atoms with Gasteiger partial charge in [-0.1, -0.05) is 23.2 Å². The van der Waals surface area contributed by atoms with E-state index in [-0.39, 0.29) is 41.3 Å². The highest BCUT2D eigenvalue weighted by Crippen LogP contribution is 2.32. The number of aliphatic carboxylic acids is 1. The fraction of sp³-hybridized carbons (Fsp3) is 0.421. The number of rotatable bonds is 9. The van der Waals surface area contributed by atoms with Crippen molar-refractivity contribution in [2.75, 3.05) is 19.3 Å². The number of nitrogens with one attached hydrogen (secondary N) is 2. The lowest BCUT2D eigenvalue weighted by atomic mass is 10.1. The van der Waals surface area contributed by atoms with E-state index in [0.29, 0.717) is 9.42 Å². The first-order chi connectivity index (χ1) is 16.2. The van der Waals surface area contributed by atoms with E-state index in [2.05, 4.69) is 10.6 Å². The van der Waals surface area contributed by atoms with Gasteiger partial charge in [0, 0.05) is 12.1 Å². The molecule has 16 heteroatoms. The third-order valence-corrected chi connectivity index (χ3v) is 6.55. The van der Waals surface area contributed by atoms with Crippen molar-refractivity contribution in [2.24, 2.45) is 0 Å². The monoisotopic (exact) mass is 552 g/mol. The van der Waals surface area contributed by atoms with Gasteiger partial charge in [0.05, 0.1) is 28.8 Å². The van der Waals surface area contributed by atoms with Crippen molar-refractivity contribution in [1.82, 2.24) is 20.1 Å². The Kier molecular flexibility index (Phi) is 9.43. The molecule has 1 saturated heterocycles. The molecule has 1 aromatic carbocycles. The minimum Gasteiger partial charge on any atom is -0.505 e. The molecule has 1 aliphatic heterocycles. The quantitative estimate of drug-likeness (QED) is 0.299. The van der Waals surface area contributed by atoms with Crippen LogP contribution in [0.2, 0.25) is 10.0 Å². The molecule has 13 nitrogen and oxygen atoms in total. The van der Waals surface area contributed by atoms with Crippen LogP contribution in [0, 0.1) is 0 Å². The number of hydrogen-bond donors (Lipinski definition) is 4. The van der Waals surface area contributed by atoms with Crippen molar-refractivity contribution in [3.8, 4) is 5.75 Å². The van der Waals surface area contributed by atoms with Crippen LogP contribution in [-0.2, 0) is 29.2 Å². The second-order valence-electron chi connectivity index (χ2n) is 7.57. The van der Waals surface area contributed by atoms with Crippen molar-refractivity contribution in [3.63, 3.8) is 0 Å². The lowest BCUT2D eigenvalue weighted by molar-refractivity contribution is -0.147. The van der Waals surface area contributed by atoms with Crippen LogP contribution in [0.25, 0.3) is 0 Å². The summed E-state index contributed by atoms with van der Waals surface area (Å²) in [5.41, 5.74) is -0.0818. The molecule has 35 heavy (non-hydrogen) atoms. The molecule has 1 heterocycles. The molecular weight excluding hydrogens is 531 g/mol. The maximum atomic E-state index is 13.2. The van der Waals surface area contributed by atoms with Gasteiger partial charge in [0.25, 0.3) is 11.8 Å². The van der Waals surface area contributed by atoms with E-state index in [1.165, 1.54) is 0 Å². The SMILES string of the molecule is CS(=O)(=O)N1CCCC(NC(=O)c2cc(Cl)c(O)c(Cl)c2)C(=O)N1CC(=O)NC(C=O)CC(=O)O. The number of hydrazine groups is 1. The molecule has 1 aromatic rings. The fourth-order valence-corrected chi connectivity index (χ4v) is 4.69. The van der Waals surface area contributed by atoms with Crippen LogP contribution in [0.4, 0.5) is 0 Å². The Labute approximate surface area is 210 Å². The molecule has 0 radical (unpaired) electrons. The molecule has 0 spiro atoms. The lowest BCUT2D eigenvalue weighted by Gasteiger charge is -2.32. The number of sulfonamides is 1. The van der Waals surface area contributed by atoms with Crippen molar-refractivity contribution in [3.05, 3.63) is 27.7 Å². The number of halogens is 2. The van der Waals surface area contributed by atoms with Crippen molar-refractivity contribution in [2.45, 2.75) is 31.3 Å². The normalized spacial score (nSPS) is 17.9. The summed E-state index contributed by atoms with van der Waals surface area (Å²) < 4.78 is 25.2. The molecule has 1 fully saturated rings. The Hall–Kier alpha value is -2.94. The van der Waals surface area contributed by atoms with E-state index in [0.717, 1.165) is 18.4 Å². The van der Waals surface area contributed by atoms with Gasteiger partial charge in [-0.15, -0.1) is 4.41 Å². The van der Waals surface area contributed by atoms with Gasteiger partial charge in [-0.05, 0) is 25.0 Å². The minimum atomic E-state index is -4.03. The van der Waals surface area contributed by atoms with Crippen LogP contribution in [0.3, 0.4) is 0 Å². The van der Waals surface area contributed by atoms with Gasteiger partial charge in [-0.3, -0.25) is 24.2 Å². The third kappa shape index (κ3) is 7.52. The molecule has 2 atom stereocenters. The van der Waals surface area contributed by atoms with Crippen molar-refractivity contribution < 1.29 is 42.6 Å². The summed E-state index contributed by atoms with van der Waals surface area (Å²) in [7, 11) is -4.03. The van der Waals surface area contributed by atoms with Crippen LogP contribution in [-0.4, -0.2) is 89.5 Å². The summed E-state index contributed by atoms with van der Waals surface area (Å²) in [6, 6.07) is -0.410. The highest BCUT2D eigenvalue weighted by Gasteiger charge is 2.38. The maximum Gasteiger partial charge on any atom is 0.305 e. The third-order valence-electron chi connectivity index (χ3n) is 4.83. The Morgan fingerprint density at radius 1 is 1.26 bits per heavy atom. The Morgan fingerprint density at radius 3 is 2.37 bits per heavy atom. The topological polar surface area (TPSA) is 190 Å². The molecule has 2 rings (SSSR count). The minimum absolute atomic E-state index is 0.0181. The molecule has 0 saturated carbocycles. The van der Waals surface area contributed by atoms with Crippen molar-refractivity contribution in [1.29, 1.82) is 0 Å². The van der Waals surface area contributed by atoms with Gasteiger partial charge in [0.2, 0.25) is 15.9 Å². The molecular formula is C19H22Cl2N4O9S. The van der Waals surface area contributed by atoms with Gasteiger partial charge in [-0.25, -0.2) is 8.42 Å². The number of carbonyl (C=O) groups excluding carboxylic acids is 4. The summed E-state index contributed by atoms with van der Waals surface area (Å²) in [6.07, 6.45) is 0.458. The summed E-state index contributed by atoms with van der Waals surface area (Å²) in [5, 5.41) is 23.2. The van der Waals surface area contributed by atoms with E-state index < -0.39 is 64.5 Å². The van der Waals surface area contributed by atoms with Gasteiger partial charge >= 0.3 is 5.97 Å². The molecule has 0 aliphatic carbocycles. The second-order valence-corrected chi connectivity index (χ2v) is 10.3. The summed E-state index contributed by atoms with van der Waals surface area (Å²) >= 11 is 11.7. The number of phenolic OH excluding ortho intramolecular Hbond substituents is 1. The van der Waals surface area contributed by atoms with Gasteiger partial charge in [0.15, 0.2) is 5.75 Å². The zero-order valence-corrected chi connectivity index (χ0v) is 20.6. The lowest BCUT2D eigenvalue weighted by Crippen LogP contribution is -2.57. The number of amides is 3. The number of aldehydes is 1. The van der Waals surface area contributed by atoms with Crippen LogP contribution < -0.4 is 10.6 Å². The highest BCUT2D eigenvalue weighted by atomic mass is 35.5. The predicted octanol–water partition coefficient (Wildman–Crippen LogP) is -0.245. The van der Waals surface area contributed by atoms with Gasteiger partial charge in [0.1, 0.15) is 18.9 Å². The van der Waals surface area contributed by atoms with E-state index in [9.17, 15) is 37.5 Å². The van der Waals surface area contributed by atoms with Gasteiger partial charge < -0.3 is 25.6 Å². The summed E-state index contributed by atoms with van der Waals surface area (Å²) in [6.45, 7) is -1.05. The molecule has 0 bridgehead atoms. The standard InChI is InChI=1S/C19H22Cl2N4O9S/c1-35(33,34)25-4-2-3-14(23-18(31)10-5-12(20)17(30)13(21)6-10)19(32)24(25)8-15(27)22-11(9-26)7-16(28)29/h5-6,9,11,14,30H,2-4,7-8H2,1H3,(H,22,27)(H,23,31)(H,28,29). The molecule has 192 valence electrons. The average molecular weight is 553 g/mol. The molecule has 0 aromatic heterocycles. The second kappa shape index (κ2) is 11.7. The van der Waals surface area contributed by atoms with E-state index in [1.807, 2.05) is 0 Å². The van der Waals surface area contributed by atoms with E-state index in [4.69, 9.17) is 28.3 Å². The number of carboxylic acid groups (broad SMARTS) is 1. The molecule has 1 aliphatic rings. The Balaban J connectivity index is 2.27. The molecule has 2 unspecified atom stereocenters. The zero-order valence-electron chi connectivity index (χ0n) is 18.2. The Bertz CT molecular complexity index is 1120. The summed E-state index contributed by atoms with van der Waals surface area (Å²) in [4.78, 5) is 60.2. The van der Waals surface area contributed by atoms with E-state index in [1.54, 1.807) is 0 Å². The number of nitrogens with zero attached hydrogens (tertiary/aromatic N) is 2. The van der Waals surface area contributed by atoms with Crippen molar-refractivity contribution >= 4 is 63.2 Å². The molecule has 4 N–H and O–H groups in total. The van der Waals surface area contributed by atoms with Crippen LogP contribution in [0.5, 0.6) is 5.75 Å². The maximum absolute atomic E-state index is 13.2. The Morgan fingerprint density at radius 2 is 1.86 bits per heavy atom. The number of phenols is 1. The average Bonchev–Trinajstić information content (AvgIpc) is 2.90. The fourth-order valence-electron chi connectivity index (χ4n) is 3.25. The number of aromatic hydroxyl groups is 1. The predicted molar refractivity (Wildman–Crippen MR) is 122 cm³/mol. The first-order valence-corrected chi connectivity index (χ1v) is 12.6. The van der Waals surface area contributed by atoms with Crippen LogP contribution >= 0.6 is 23.2 Å². The number of carboxylic acids is 1. The van der Waals surface area contributed by atoms with Crippen LogP contribution in [0.15, 0.2) is 12.1 Å². The highest BCUT2D eigenvalue weighted by molar-refractivity contribution is 7.88. The van der Waals surface area contributed by atoms with E-state index >= 15 is 0 Å². The smallest absolute Gasteiger partial charge is 0.305 e.